The fraction of sp³-hybridized carbons (Fsp3) is 0.188. The van der Waals surface area contributed by atoms with Gasteiger partial charge in [-0.2, -0.15) is 0 Å². The third kappa shape index (κ3) is 1.94. The van der Waals surface area contributed by atoms with Crippen molar-refractivity contribution in [3.63, 3.8) is 0 Å². The van der Waals surface area contributed by atoms with Gasteiger partial charge >= 0.3 is 0 Å². The van der Waals surface area contributed by atoms with Crippen LogP contribution in [-0.2, 0) is 13.0 Å². The number of nitrogens with zero attached hydrogens (tertiary/aromatic N) is 3. The highest BCUT2D eigenvalue weighted by atomic mass is 15.0. The van der Waals surface area contributed by atoms with Crippen molar-refractivity contribution in [3.8, 4) is 11.5 Å². The van der Waals surface area contributed by atoms with E-state index in [4.69, 9.17) is 0 Å². The third-order valence-electron chi connectivity index (χ3n) is 3.64. The number of hydrogen-bond acceptors (Lipinski definition) is 4. The van der Waals surface area contributed by atoms with Crippen LogP contribution in [0.1, 0.15) is 11.3 Å². The molecule has 0 radical (unpaired) electrons. The topological polar surface area (TPSA) is 50.7 Å². The van der Waals surface area contributed by atoms with Gasteiger partial charge in [-0.25, -0.2) is 15.0 Å². The molecule has 0 fully saturated rings. The highest BCUT2D eigenvalue weighted by Crippen LogP contribution is 2.20. The van der Waals surface area contributed by atoms with Gasteiger partial charge in [0.1, 0.15) is 5.69 Å². The molecule has 4 nitrogen and oxygen atoms in total. The van der Waals surface area contributed by atoms with Crippen LogP contribution in [0.25, 0.3) is 22.4 Å². The summed E-state index contributed by atoms with van der Waals surface area (Å²) in [5.41, 5.74) is 4.16. The van der Waals surface area contributed by atoms with Crippen LogP contribution in [0.4, 0.5) is 0 Å². The largest absolute Gasteiger partial charge is 0.312 e. The van der Waals surface area contributed by atoms with Crippen molar-refractivity contribution >= 4 is 10.9 Å². The molecule has 0 saturated carbocycles. The summed E-state index contributed by atoms with van der Waals surface area (Å²) in [5.74, 6) is 0.719. The first-order valence-corrected chi connectivity index (χ1v) is 6.82. The number of aromatic nitrogens is 3. The smallest absolute Gasteiger partial charge is 0.178 e. The van der Waals surface area contributed by atoms with Gasteiger partial charge in [-0.3, -0.25) is 0 Å². The lowest BCUT2D eigenvalue weighted by atomic mass is 10.1. The van der Waals surface area contributed by atoms with E-state index in [1.54, 1.807) is 0 Å². The number of rotatable bonds is 1. The molecule has 1 aromatic carbocycles. The zero-order valence-corrected chi connectivity index (χ0v) is 11.0. The lowest BCUT2D eigenvalue weighted by Gasteiger charge is -2.15. The van der Waals surface area contributed by atoms with E-state index >= 15 is 0 Å². The van der Waals surface area contributed by atoms with Gasteiger partial charge in [-0.15, -0.1) is 0 Å². The molecule has 1 aliphatic heterocycles. The number of hydrogen-bond donors (Lipinski definition) is 1. The predicted octanol–water partition coefficient (Wildman–Crippen LogP) is 2.34. The van der Waals surface area contributed by atoms with Crippen LogP contribution in [0, 0.1) is 0 Å². The van der Waals surface area contributed by atoms with E-state index in [0.717, 1.165) is 47.6 Å². The molecule has 0 spiro atoms. The quantitative estimate of drug-likeness (QED) is 0.731. The second-order valence-electron chi connectivity index (χ2n) is 4.98. The predicted molar refractivity (Wildman–Crippen MR) is 78.2 cm³/mol. The fourth-order valence-corrected chi connectivity index (χ4v) is 2.55. The Bertz CT molecular complexity index is 782. The van der Waals surface area contributed by atoms with E-state index in [0.29, 0.717) is 0 Å². The maximum absolute atomic E-state index is 4.68. The van der Waals surface area contributed by atoms with Crippen molar-refractivity contribution in [2.45, 2.75) is 13.0 Å². The molecule has 1 N–H and O–H groups in total. The Morgan fingerprint density at radius 3 is 2.95 bits per heavy atom. The van der Waals surface area contributed by atoms with Crippen LogP contribution in [0.2, 0.25) is 0 Å². The summed E-state index contributed by atoms with van der Waals surface area (Å²) in [6.07, 6.45) is 2.87. The van der Waals surface area contributed by atoms with E-state index in [1.807, 2.05) is 30.5 Å². The van der Waals surface area contributed by atoms with Gasteiger partial charge in [0.25, 0.3) is 0 Å². The van der Waals surface area contributed by atoms with Crippen molar-refractivity contribution in [1.82, 2.24) is 20.3 Å². The van der Waals surface area contributed by atoms with Crippen LogP contribution in [0.15, 0.2) is 42.6 Å². The molecule has 0 saturated heterocycles. The average molecular weight is 262 g/mol. The zero-order valence-electron chi connectivity index (χ0n) is 11.0. The molecular formula is C16H14N4. The van der Waals surface area contributed by atoms with Crippen molar-refractivity contribution < 1.29 is 0 Å². The SMILES string of the molecule is c1ccc2nc(-c3ncc4c(n3)CCNC4)ccc2c1. The maximum atomic E-state index is 4.68. The second-order valence-corrected chi connectivity index (χ2v) is 4.98. The number of fused-ring (bicyclic) bond motifs is 2. The Labute approximate surface area is 116 Å². The lowest BCUT2D eigenvalue weighted by Crippen LogP contribution is -2.25. The molecular weight excluding hydrogens is 248 g/mol. The Hall–Kier alpha value is -2.33. The molecule has 3 aromatic rings. The number of para-hydroxylation sites is 1. The molecule has 20 heavy (non-hydrogen) atoms. The average Bonchev–Trinajstić information content (AvgIpc) is 2.54. The number of nitrogens with one attached hydrogen (secondary N) is 1. The summed E-state index contributed by atoms with van der Waals surface area (Å²) in [5, 5.41) is 4.47. The van der Waals surface area contributed by atoms with E-state index in [9.17, 15) is 0 Å². The molecule has 4 heteroatoms. The van der Waals surface area contributed by atoms with E-state index in [-0.39, 0.29) is 0 Å². The molecule has 4 rings (SSSR count). The molecule has 0 aliphatic carbocycles. The summed E-state index contributed by atoms with van der Waals surface area (Å²) in [6, 6.07) is 12.2. The van der Waals surface area contributed by atoms with Crippen LogP contribution >= 0.6 is 0 Å². The van der Waals surface area contributed by atoms with E-state index in [1.165, 1.54) is 5.56 Å². The first-order valence-electron chi connectivity index (χ1n) is 6.82. The molecule has 0 amide bonds. The molecule has 1 aliphatic rings. The Morgan fingerprint density at radius 1 is 1.00 bits per heavy atom. The minimum absolute atomic E-state index is 0.719. The van der Waals surface area contributed by atoms with Crippen molar-refractivity contribution in [1.29, 1.82) is 0 Å². The van der Waals surface area contributed by atoms with E-state index in [2.05, 4.69) is 32.4 Å². The van der Waals surface area contributed by atoms with Gasteiger partial charge in [0, 0.05) is 36.7 Å². The third-order valence-corrected chi connectivity index (χ3v) is 3.64. The summed E-state index contributed by atoms with van der Waals surface area (Å²) in [4.78, 5) is 13.8. The van der Waals surface area contributed by atoms with Crippen LogP contribution in [0.3, 0.4) is 0 Å². The first-order chi connectivity index (χ1) is 9.90. The summed E-state index contributed by atoms with van der Waals surface area (Å²) >= 11 is 0. The van der Waals surface area contributed by atoms with Gasteiger partial charge in [0.15, 0.2) is 5.82 Å². The molecule has 3 heterocycles. The lowest BCUT2D eigenvalue weighted by molar-refractivity contribution is 0.626. The fourth-order valence-electron chi connectivity index (χ4n) is 2.55. The van der Waals surface area contributed by atoms with Crippen LogP contribution in [0.5, 0.6) is 0 Å². The monoisotopic (exact) mass is 262 g/mol. The van der Waals surface area contributed by atoms with Crippen LogP contribution in [-0.4, -0.2) is 21.5 Å². The van der Waals surface area contributed by atoms with Gasteiger partial charge in [-0.05, 0) is 12.1 Å². The number of pyridine rings is 1. The summed E-state index contributed by atoms with van der Waals surface area (Å²) in [7, 11) is 0. The van der Waals surface area contributed by atoms with Crippen molar-refractivity contribution in [2.75, 3.05) is 6.54 Å². The Morgan fingerprint density at radius 2 is 1.95 bits per heavy atom. The second kappa shape index (κ2) is 4.65. The highest BCUT2D eigenvalue weighted by Gasteiger charge is 2.13. The molecule has 0 atom stereocenters. The Balaban J connectivity index is 1.82. The molecule has 2 aromatic heterocycles. The van der Waals surface area contributed by atoms with Crippen LogP contribution < -0.4 is 5.32 Å². The standard InChI is InChI=1S/C16H14N4/c1-2-4-13-11(3-1)5-6-15(19-13)16-18-10-12-9-17-8-7-14(12)20-16/h1-6,10,17H,7-9H2. The highest BCUT2D eigenvalue weighted by molar-refractivity contribution is 5.80. The van der Waals surface area contributed by atoms with Crippen molar-refractivity contribution in [2.24, 2.45) is 0 Å². The minimum atomic E-state index is 0.719. The van der Waals surface area contributed by atoms with E-state index < -0.39 is 0 Å². The van der Waals surface area contributed by atoms with Gasteiger partial charge in [0.05, 0.1) is 11.2 Å². The molecule has 98 valence electrons. The zero-order chi connectivity index (χ0) is 13.4. The van der Waals surface area contributed by atoms with Gasteiger partial charge < -0.3 is 5.32 Å². The summed E-state index contributed by atoms with van der Waals surface area (Å²) < 4.78 is 0. The number of benzene rings is 1. The van der Waals surface area contributed by atoms with Gasteiger partial charge in [0.2, 0.25) is 0 Å². The van der Waals surface area contributed by atoms with Gasteiger partial charge in [-0.1, -0.05) is 24.3 Å². The normalized spacial score (nSPS) is 14.2. The molecule has 0 unspecified atom stereocenters. The summed E-state index contributed by atoms with van der Waals surface area (Å²) in [6.45, 7) is 1.84. The molecule has 0 bridgehead atoms. The first kappa shape index (κ1) is 11.5. The minimum Gasteiger partial charge on any atom is -0.312 e. The Kier molecular flexibility index (Phi) is 2.67. The van der Waals surface area contributed by atoms with Crippen molar-refractivity contribution in [3.05, 3.63) is 53.9 Å². The maximum Gasteiger partial charge on any atom is 0.178 e.